The van der Waals surface area contributed by atoms with Crippen LogP contribution in [0, 0.1) is 11.8 Å². The molecule has 2 fully saturated rings. The van der Waals surface area contributed by atoms with Crippen molar-refractivity contribution in [2.45, 2.75) is 77.1 Å². The van der Waals surface area contributed by atoms with Crippen molar-refractivity contribution >= 4 is 16.7 Å². The number of hydrogen-bond acceptors (Lipinski definition) is 3. The first-order chi connectivity index (χ1) is 16.1. The molecule has 0 bridgehead atoms. The van der Waals surface area contributed by atoms with Crippen molar-refractivity contribution in [3.8, 4) is 5.75 Å². The highest BCUT2D eigenvalue weighted by Gasteiger charge is 2.37. The number of nitrogens with zero attached hydrogens (tertiary/aromatic N) is 1. The lowest BCUT2D eigenvalue weighted by atomic mass is 9.89. The van der Waals surface area contributed by atoms with E-state index in [2.05, 4.69) is 11.8 Å². The van der Waals surface area contributed by atoms with Crippen molar-refractivity contribution in [2.24, 2.45) is 11.8 Å². The van der Waals surface area contributed by atoms with E-state index >= 15 is 0 Å². The van der Waals surface area contributed by atoms with Crippen molar-refractivity contribution in [3.05, 3.63) is 41.5 Å². The number of carboxylic acids is 1. The predicted octanol–water partition coefficient (Wildman–Crippen LogP) is 7.06. The Bertz CT molecular complexity index is 1010. The number of hydrogen-bond donors (Lipinski definition) is 1. The summed E-state index contributed by atoms with van der Waals surface area (Å²) in [4.78, 5) is 13.4. The topological polar surface area (TPSA) is 49.8 Å². The Labute approximate surface area is 199 Å². The summed E-state index contributed by atoms with van der Waals surface area (Å²) in [6, 6.07) is 8.37. The maximum Gasteiger partial charge on any atom is 0.420 e. The van der Waals surface area contributed by atoms with Crippen LogP contribution < -0.4 is 4.74 Å². The van der Waals surface area contributed by atoms with E-state index in [1.807, 2.05) is 13.0 Å². The highest BCUT2D eigenvalue weighted by atomic mass is 19.4. The molecule has 1 heterocycles. The number of rotatable bonds is 6. The number of piperidine rings is 1. The van der Waals surface area contributed by atoms with Crippen LogP contribution in [0.4, 0.5) is 13.2 Å². The molecule has 0 amide bonds. The summed E-state index contributed by atoms with van der Waals surface area (Å²) < 4.78 is 48.4. The zero-order chi connectivity index (χ0) is 24.5. The van der Waals surface area contributed by atoms with Gasteiger partial charge in [-0.25, -0.2) is 0 Å². The molecule has 2 aliphatic rings. The molecule has 1 N–H and O–H groups in total. The summed E-state index contributed by atoms with van der Waals surface area (Å²) in [7, 11) is 0. The van der Waals surface area contributed by atoms with Gasteiger partial charge in [-0.2, -0.15) is 13.2 Å². The second-order valence-corrected chi connectivity index (χ2v) is 10.2. The Kier molecular flexibility index (Phi) is 7.41. The number of likely N-dealkylation sites (tertiary alicyclic amines) is 1. The predicted molar refractivity (Wildman–Crippen MR) is 126 cm³/mol. The number of alkyl halides is 3. The molecule has 2 aromatic rings. The molecular formula is C27H34F3NO3. The van der Waals surface area contributed by atoms with E-state index in [9.17, 15) is 18.0 Å². The van der Waals surface area contributed by atoms with E-state index in [0.29, 0.717) is 17.8 Å². The first kappa shape index (κ1) is 24.8. The SMILES string of the molecule is C[C@@H](c1ccc2c(C(F)(F)F)c(O[C@H]3CC[C@@H](C)CC3)ccc2c1)N1CCC[C@H](CC(=O)O)C1. The molecule has 4 rings (SSSR count). The quantitative estimate of drug-likeness (QED) is 0.484. The molecule has 0 aromatic heterocycles. The maximum absolute atomic E-state index is 14.2. The first-order valence-corrected chi connectivity index (χ1v) is 12.4. The van der Waals surface area contributed by atoms with Gasteiger partial charge in [0.2, 0.25) is 0 Å². The summed E-state index contributed by atoms with van der Waals surface area (Å²) in [5.74, 6) is -0.162. The van der Waals surface area contributed by atoms with Crippen molar-refractivity contribution in [1.29, 1.82) is 0 Å². The number of ether oxygens (including phenoxy) is 1. The van der Waals surface area contributed by atoms with Gasteiger partial charge in [0.1, 0.15) is 11.3 Å². The van der Waals surface area contributed by atoms with Gasteiger partial charge in [0.25, 0.3) is 0 Å². The third kappa shape index (κ3) is 5.68. The van der Waals surface area contributed by atoms with Gasteiger partial charge in [0, 0.05) is 19.0 Å². The number of fused-ring (bicyclic) bond motifs is 1. The fourth-order valence-corrected chi connectivity index (χ4v) is 5.58. The summed E-state index contributed by atoms with van der Waals surface area (Å²) >= 11 is 0. The summed E-state index contributed by atoms with van der Waals surface area (Å²) in [6.07, 6.45) is 0.804. The first-order valence-electron chi connectivity index (χ1n) is 12.4. The maximum atomic E-state index is 14.2. The molecule has 186 valence electrons. The number of carbonyl (C=O) groups is 1. The molecule has 0 radical (unpaired) electrons. The molecule has 4 nitrogen and oxygen atoms in total. The zero-order valence-electron chi connectivity index (χ0n) is 19.9. The molecular weight excluding hydrogens is 443 g/mol. The van der Waals surface area contributed by atoms with Crippen LogP contribution in [0.2, 0.25) is 0 Å². The van der Waals surface area contributed by atoms with Crippen LogP contribution in [0.3, 0.4) is 0 Å². The largest absolute Gasteiger partial charge is 0.490 e. The normalized spacial score (nSPS) is 25.3. The van der Waals surface area contributed by atoms with Crippen LogP contribution in [0.5, 0.6) is 5.75 Å². The van der Waals surface area contributed by atoms with Gasteiger partial charge in [-0.3, -0.25) is 9.69 Å². The lowest BCUT2D eigenvalue weighted by Crippen LogP contribution is -2.37. The van der Waals surface area contributed by atoms with E-state index in [1.54, 1.807) is 18.2 Å². The van der Waals surface area contributed by atoms with Crippen molar-refractivity contribution < 1.29 is 27.8 Å². The Hall–Kier alpha value is -2.28. The van der Waals surface area contributed by atoms with Crippen LogP contribution in [0.1, 0.15) is 76.0 Å². The fourth-order valence-electron chi connectivity index (χ4n) is 5.58. The monoisotopic (exact) mass is 477 g/mol. The van der Waals surface area contributed by atoms with Crippen LogP contribution in [0.25, 0.3) is 10.8 Å². The molecule has 34 heavy (non-hydrogen) atoms. The van der Waals surface area contributed by atoms with Crippen molar-refractivity contribution in [3.63, 3.8) is 0 Å². The minimum Gasteiger partial charge on any atom is -0.490 e. The number of benzene rings is 2. The molecule has 0 spiro atoms. The van der Waals surface area contributed by atoms with Gasteiger partial charge in [-0.05, 0) is 92.3 Å². The Morgan fingerprint density at radius 2 is 1.88 bits per heavy atom. The highest BCUT2D eigenvalue weighted by Crippen LogP contribution is 2.43. The molecule has 2 atom stereocenters. The standard InChI is InChI=1S/C27H34F3NO3/c1-17-5-9-22(10-6-17)34-24-12-8-21-15-20(7-11-23(21)26(24)27(28,29)30)18(2)31-13-3-4-19(16-31)14-25(32)33/h7-8,11-12,15,17-19,22H,3-6,9-10,13-14,16H2,1-2H3,(H,32,33)/t17-,18-,19+,22+/m0/s1. The number of carboxylic acid groups (broad SMARTS) is 1. The van der Waals surface area contributed by atoms with Gasteiger partial charge >= 0.3 is 12.1 Å². The second kappa shape index (κ2) is 10.1. The Morgan fingerprint density at radius 3 is 2.56 bits per heavy atom. The molecule has 0 unspecified atom stereocenters. The van der Waals surface area contributed by atoms with E-state index < -0.39 is 17.7 Å². The van der Waals surface area contributed by atoms with Crippen LogP contribution in [-0.2, 0) is 11.0 Å². The van der Waals surface area contributed by atoms with Crippen LogP contribution in [0.15, 0.2) is 30.3 Å². The Morgan fingerprint density at radius 1 is 1.15 bits per heavy atom. The lowest BCUT2D eigenvalue weighted by Gasteiger charge is -2.36. The lowest BCUT2D eigenvalue weighted by molar-refractivity contribution is -0.139. The third-order valence-electron chi connectivity index (χ3n) is 7.59. The molecule has 1 saturated carbocycles. The van der Waals surface area contributed by atoms with Gasteiger partial charge in [-0.1, -0.05) is 25.1 Å². The van der Waals surface area contributed by atoms with Crippen molar-refractivity contribution in [1.82, 2.24) is 4.90 Å². The van der Waals surface area contributed by atoms with E-state index in [4.69, 9.17) is 9.84 Å². The molecule has 1 aliphatic carbocycles. The molecule has 7 heteroatoms. The molecule has 2 aromatic carbocycles. The number of halogens is 3. The van der Waals surface area contributed by atoms with E-state index in [-0.39, 0.29) is 35.6 Å². The van der Waals surface area contributed by atoms with Crippen molar-refractivity contribution in [2.75, 3.05) is 13.1 Å². The van der Waals surface area contributed by atoms with Gasteiger partial charge in [0.05, 0.1) is 6.10 Å². The highest BCUT2D eigenvalue weighted by molar-refractivity contribution is 5.89. The van der Waals surface area contributed by atoms with E-state index in [1.165, 1.54) is 6.07 Å². The average Bonchev–Trinajstić information content (AvgIpc) is 2.78. The molecule has 1 aliphatic heterocycles. The zero-order valence-corrected chi connectivity index (χ0v) is 19.9. The van der Waals surface area contributed by atoms with Gasteiger partial charge < -0.3 is 9.84 Å². The minimum atomic E-state index is -4.51. The second-order valence-electron chi connectivity index (χ2n) is 10.2. The van der Waals surface area contributed by atoms with Crippen LogP contribution >= 0.6 is 0 Å². The summed E-state index contributed by atoms with van der Waals surface area (Å²) in [5, 5.41) is 9.84. The summed E-state index contributed by atoms with van der Waals surface area (Å²) in [6.45, 7) is 5.75. The fraction of sp³-hybridized carbons (Fsp3) is 0.593. The van der Waals surface area contributed by atoms with Gasteiger partial charge in [-0.15, -0.1) is 0 Å². The average molecular weight is 478 g/mol. The number of aliphatic carboxylic acids is 1. The minimum absolute atomic E-state index is 0.00418. The summed E-state index contributed by atoms with van der Waals surface area (Å²) in [5.41, 5.74) is 0.244. The third-order valence-corrected chi connectivity index (χ3v) is 7.59. The Balaban J connectivity index is 1.59. The molecule has 1 saturated heterocycles. The smallest absolute Gasteiger partial charge is 0.420 e. The van der Waals surface area contributed by atoms with Gasteiger partial charge in [0.15, 0.2) is 0 Å². The van der Waals surface area contributed by atoms with Crippen LogP contribution in [-0.4, -0.2) is 35.2 Å². The van der Waals surface area contributed by atoms with E-state index in [0.717, 1.165) is 50.6 Å².